The monoisotopic (exact) mass is 154 g/mol. The summed E-state index contributed by atoms with van der Waals surface area (Å²) in [5, 5.41) is 3.06. The SMILES string of the molecule is C(=C1NCCO1)C1=NCCO1. The number of hydrogen-bond acceptors (Lipinski definition) is 4. The molecule has 4 nitrogen and oxygen atoms in total. The Kier molecular flexibility index (Phi) is 1.67. The molecule has 1 saturated heterocycles. The maximum absolute atomic E-state index is 5.20. The van der Waals surface area contributed by atoms with Gasteiger partial charge in [-0.2, -0.15) is 0 Å². The molecular formula is C7H10N2O2. The lowest BCUT2D eigenvalue weighted by atomic mass is 10.6. The summed E-state index contributed by atoms with van der Waals surface area (Å²) < 4.78 is 10.4. The van der Waals surface area contributed by atoms with Gasteiger partial charge in [-0.1, -0.05) is 0 Å². The topological polar surface area (TPSA) is 42.8 Å². The molecule has 0 aromatic heterocycles. The molecule has 2 rings (SSSR count). The normalized spacial score (nSPS) is 25.8. The van der Waals surface area contributed by atoms with Crippen LogP contribution >= 0.6 is 0 Å². The van der Waals surface area contributed by atoms with Crippen LogP contribution in [0.1, 0.15) is 0 Å². The van der Waals surface area contributed by atoms with Crippen LogP contribution in [-0.2, 0) is 9.47 Å². The molecule has 0 amide bonds. The van der Waals surface area contributed by atoms with E-state index in [9.17, 15) is 0 Å². The average Bonchev–Trinajstić information content (AvgIpc) is 2.60. The Morgan fingerprint density at radius 3 is 3.00 bits per heavy atom. The zero-order valence-electron chi connectivity index (χ0n) is 6.17. The molecule has 0 aromatic carbocycles. The molecule has 0 unspecified atom stereocenters. The summed E-state index contributed by atoms with van der Waals surface area (Å²) in [6.45, 7) is 3.07. The van der Waals surface area contributed by atoms with E-state index in [1.807, 2.05) is 0 Å². The largest absolute Gasteiger partial charge is 0.477 e. The Balaban J connectivity index is 2.00. The van der Waals surface area contributed by atoms with Crippen LogP contribution < -0.4 is 5.32 Å². The molecule has 0 saturated carbocycles. The molecule has 4 heteroatoms. The molecule has 11 heavy (non-hydrogen) atoms. The van der Waals surface area contributed by atoms with Crippen LogP contribution in [0.3, 0.4) is 0 Å². The van der Waals surface area contributed by atoms with Gasteiger partial charge >= 0.3 is 0 Å². The first-order chi connectivity index (χ1) is 5.45. The molecule has 0 aromatic rings. The summed E-state index contributed by atoms with van der Waals surface area (Å²) in [6.07, 6.45) is 1.79. The summed E-state index contributed by atoms with van der Waals surface area (Å²) in [5.41, 5.74) is 0. The smallest absolute Gasteiger partial charge is 0.214 e. The molecule has 0 bridgehead atoms. The van der Waals surface area contributed by atoms with Gasteiger partial charge in [-0.3, -0.25) is 0 Å². The van der Waals surface area contributed by atoms with Crippen molar-refractivity contribution in [2.24, 2.45) is 4.99 Å². The van der Waals surface area contributed by atoms with Crippen LogP contribution in [0.15, 0.2) is 17.0 Å². The van der Waals surface area contributed by atoms with Crippen molar-refractivity contribution in [2.45, 2.75) is 0 Å². The number of nitrogens with one attached hydrogen (secondary N) is 1. The summed E-state index contributed by atoms with van der Waals surface area (Å²) in [5.74, 6) is 1.44. The average molecular weight is 154 g/mol. The first kappa shape index (κ1) is 6.52. The standard InChI is InChI=1S/C7H10N2O2/c1-3-10-6(8-1)5-7-9-2-4-11-7/h5,8H,1-4H2. The fourth-order valence-electron chi connectivity index (χ4n) is 1.03. The summed E-state index contributed by atoms with van der Waals surface area (Å²) in [4.78, 5) is 4.10. The molecule has 0 aliphatic carbocycles. The van der Waals surface area contributed by atoms with Crippen molar-refractivity contribution in [1.82, 2.24) is 5.32 Å². The molecule has 60 valence electrons. The lowest BCUT2D eigenvalue weighted by molar-refractivity contribution is 0.264. The van der Waals surface area contributed by atoms with E-state index in [4.69, 9.17) is 9.47 Å². The van der Waals surface area contributed by atoms with Crippen molar-refractivity contribution in [2.75, 3.05) is 26.3 Å². The Morgan fingerprint density at radius 1 is 1.36 bits per heavy atom. The first-order valence-corrected chi connectivity index (χ1v) is 3.71. The van der Waals surface area contributed by atoms with Gasteiger partial charge in [-0.15, -0.1) is 0 Å². The van der Waals surface area contributed by atoms with Crippen LogP contribution in [0.5, 0.6) is 0 Å². The third-order valence-electron chi connectivity index (χ3n) is 1.52. The van der Waals surface area contributed by atoms with Crippen LogP contribution in [0.2, 0.25) is 0 Å². The molecule has 0 atom stereocenters. The Labute approximate surface area is 64.9 Å². The lowest BCUT2D eigenvalue weighted by Gasteiger charge is -1.97. The third-order valence-corrected chi connectivity index (χ3v) is 1.52. The van der Waals surface area contributed by atoms with Gasteiger partial charge in [0, 0.05) is 0 Å². The van der Waals surface area contributed by atoms with E-state index in [0.29, 0.717) is 12.5 Å². The second kappa shape index (κ2) is 2.82. The zero-order valence-corrected chi connectivity index (χ0v) is 6.17. The number of rotatable bonds is 1. The summed E-state index contributed by atoms with van der Waals surface area (Å²) in [7, 11) is 0. The lowest BCUT2D eigenvalue weighted by Crippen LogP contribution is -2.07. The van der Waals surface area contributed by atoms with Gasteiger partial charge in [0.2, 0.25) is 5.90 Å². The predicted octanol–water partition coefficient (Wildman–Crippen LogP) is -0.124. The van der Waals surface area contributed by atoms with Crippen LogP contribution in [-0.4, -0.2) is 32.2 Å². The van der Waals surface area contributed by atoms with Gasteiger partial charge in [-0.05, 0) is 0 Å². The minimum Gasteiger partial charge on any atom is -0.477 e. The van der Waals surface area contributed by atoms with Gasteiger partial charge in [0.05, 0.1) is 19.2 Å². The van der Waals surface area contributed by atoms with Gasteiger partial charge < -0.3 is 14.8 Å². The molecule has 0 radical (unpaired) electrons. The minimum atomic E-state index is 0.675. The van der Waals surface area contributed by atoms with Crippen molar-refractivity contribution in [3.05, 3.63) is 12.0 Å². The van der Waals surface area contributed by atoms with Crippen LogP contribution in [0, 0.1) is 0 Å². The fourth-order valence-corrected chi connectivity index (χ4v) is 1.03. The molecular weight excluding hydrogens is 144 g/mol. The maximum atomic E-state index is 5.20. The molecule has 1 N–H and O–H groups in total. The third kappa shape index (κ3) is 1.45. The van der Waals surface area contributed by atoms with Crippen molar-refractivity contribution in [3.63, 3.8) is 0 Å². The molecule has 2 aliphatic rings. The van der Waals surface area contributed by atoms with Gasteiger partial charge in [0.25, 0.3) is 0 Å². The van der Waals surface area contributed by atoms with E-state index in [1.165, 1.54) is 0 Å². The molecule has 2 aliphatic heterocycles. The van der Waals surface area contributed by atoms with E-state index in [-0.39, 0.29) is 0 Å². The van der Waals surface area contributed by atoms with E-state index in [1.54, 1.807) is 6.08 Å². The van der Waals surface area contributed by atoms with Crippen molar-refractivity contribution in [1.29, 1.82) is 0 Å². The second-order valence-electron chi connectivity index (χ2n) is 2.35. The van der Waals surface area contributed by atoms with Crippen LogP contribution in [0.25, 0.3) is 0 Å². The Morgan fingerprint density at radius 2 is 2.36 bits per heavy atom. The minimum absolute atomic E-state index is 0.675. The van der Waals surface area contributed by atoms with E-state index in [2.05, 4.69) is 10.3 Å². The number of aliphatic imine (C=N–C) groups is 1. The van der Waals surface area contributed by atoms with Crippen LogP contribution in [0.4, 0.5) is 0 Å². The van der Waals surface area contributed by atoms with Crippen molar-refractivity contribution in [3.8, 4) is 0 Å². The molecule has 1 fully saturated rings. The van der Waals surface area contributed by atoms with E-state index < -0.39 is 0 Å². The Bertz CT molecular complexity index is 202. The highest BCUT2D eigenvalue weighted by Crippen LogP contribution is 2.03. The highest BCUT2D eigenvalue weighted by molar-refractivity contribution is 5.88. The highest BCUT2D eigenvalue weighted by atomic mass is 16.5. The molecule has 0 spiro atoms. The number of nitrogens with zero attached hydrogens (tertiary/aromatic N) is 1. The second-order valence-corrected chi connectivity index (χ2v) is 2.35. The quantitative estimate of drug-likeness (QED) is 0.572. The summed E-state index contributed by atoms with van der Waals surface area (Å²) in [6, 6.07) is 0. The molecule has 2 heterocycles. The van der Waals surface area contributed by atoms with E-state index >= 15 is 0 Å². The fraction of sp³-hybridized carbons (Fsp3) is 0.571. The van der Waals surface area contributed by atoms with E-state index in [0.717, 1.165) is 25.6 Å². The zero-order chi connectivity index (χ0) is 7.52. The van der Waals surface area contributed by atoms with Crippen molar-refractivity contribution < 1.29 is 9.47 Å². The maximum Gasteiger partial charge on any atom is 0.214 e. The number of ether oxygens (including phenoxy) is 2. The Hall–Kier alpha value is -1.19. The summed E-state index contributed by atoms with van der Waals surface area (Å²) >= 11 is 0. The number of hydrogen-bond donors (Lipinski definition) is 1. The van der Waals surface area contributed by atoms with Gasteiger partial charge in [0.15, 0.2) is 5.88 Å². The van der Waals surface area contributed by atoms with Crippen molar-refractivity contribution >= 4 is 5.90 Å². The van der Waals surface area contributed by atoms with Gasteiger partial charge in [-0.25, -0.2) is 4.99 Å². The first-order valence-electron chi connectivity index (χ1n) is 3.71. The predicted molar refractivity (Wildman–Crippen MR) is 40.3 cm³/mol. The van der Waals surface area contributed by atoms with Gasteiger partial charge in [0.1, 0.15) is 13.2 Å². The highest BCUT2D eigenvalue weighted by Gasteiger charge is 2.10.